The predicted molar refractivity (Wildman–Crippen MR) is 118 cm³/mol. The topological polar surface area (TPSA) is 68.2 Å². The Bertz CT molecular complexity index is 974. The van der Waals surface area contributed by atoms with Gasteiger partial charge in [0.15, 0.2) is 11.5 Å². The van der Waals surface area contributed by atoms with Crippen molar-refractivity contribution in [1.29, 1.82) is 0 Å². The quantitative estimate of drug-likeness (QED) is 0.579. The highest BCUT2D eigenvalue weighted by atomic mass is 19.4. The molecule has 0 aromatic heterocycles. The van der Waals surface area contributed by atoms with Crippen LogP contribution in [0.5, 0.6) is 17.2 Å². The number of nitrogens with zero attached hydrogens (tertiary/aromatic N) is 1. The first-order chi connectivity index (χ1) is 16.3. The molecule has 1 saturated heterocycles. The third-order valence-electron chi connectivity index (χ3n) is 6.09. The second kappa shape index (κ2) is 10.7. The number of carbonyl (C=O) groups is 1. The van der Waals surface area contributed by atoms with E-state index in [9.17, 15) is 23.1 Å². The van der Waals surface area contributed by atoms with Crippen LogP contribution in [-0.4, -0.2) is 55.0 Å². The summed E-state index contributed by atoms with van der Waals surface area (Å²) in [6.45, 7) is 3.36. The van der Waals surface area contributed by atoms with Gasteiger partial charge in [-0.25, -0.2) is 0 Å². The third-order valence-corrected chi connectivity index (χ3v) is 6.09. The molecule has 0 radical (unpaired) electrons. The van der Waals surface area contributed by atoms with Gasteiger partial charge in [-0.3, -0.25) is 4.79 Å². The highest BCUT2D eigenvalue weighted by Gasteiger charge is 2.31. The summed E-state index contributed by atoms with van der Waals surface area (Å²) in [4.78, 5) is 15.1. The Morgan fingerprint density at radius 2 is 1.71 bits per heavy atom. The van der Waals surface area contributed by atoms with Gasteiger partial charge in [-0.2, -0.15) is 0 Å². The molecule has 9 heteroatoms. The highest BCUT2D eigenvalue weighted by Crippen LogP contribution is 2.36. The molecular weight excluding hydrogens is 451 g/mol. The number of benzene rings is 2. The van der Waals surface area contributed by atoms with Gasteiger partial charge in [0.1, 0.15) is 24.7 Å². The van der Waals surface area contributed by atoms with E-state index in [1.807, 2.05) is 0 Å². The minimum Gasteiger partial charge on any atom is -0.486 e. The number of Topliss-reactive ketones (excluding diaryl/α,β-unsaturated/α-hetero) is 1. The second-order valence-corrected chi connectivity index (χ2v) is 8.73. The molecule has 1 N–H and O–H groups in total. The lowest BCUT2D eigenvalue weighted by Gasteiger charge is -2.28. The first-order valence-corrected chi connectivity index (χ1v) is 11.4. The van der Waals surface area contributed by atoms with Gasteiger partial charge >= 0.3 is 6.36 Å². The first-order valence-electron chi connectivity index (χ1n) is 11.4. The zero-order chi connectivity index (χ0) is 24.1. The molecule has 2 atom stereocenters. The fraction of sp³-hybridized carbons (Fsp3) is 0.480. The lowest BCUT2D eigenvalue weighted by atomic mass is 9.89. The van der Waals surface area contributed by atoms with Gasteiger partial charge in [-0.15, -0.1) is 13.2 Å². The minimum atomic E-state index is -4.76. The molecule has 0 aliphatic carbocycles. The summed E-state index contributed by atoms with van der Waals surface area (Å²) in [5.74, 6) is 0.457. The van der Waals surface area contributed by atoms with E-state index in [0.717, 1.165) is 25.9 Å². The Morgan fingerprint density at radius 3 is 2.38 bits per heavy atom. The number of ketones is 1. The Hall–Kier alpha value is -2.78. The van der Waals surface area contributed by atoms with Gasteiger partial charge in [0.2, 0.25) is 0 Å². The van der Waals surface area contributed by atoms with Crippen molar-refractivity contribution >= 4 is 5.78 Å². The number of fused-ring (bicyclic) bond motifs is 1. The van der Waals surface area contributed by atoms with Crippen LogP contribution in [0.4, 0.5) is 13.2 Å². The third kappa shape index (κ3) is 6.64. The van der Waals surface area contributed by atoms with Gasteiger partial charge in [0.05, 0.1) is 6.10 Å². The molecule has 0 spiro atoms. The van der Waals surface area contributed by atoms with Crippen LogP contribution in [0.15, 0.2) is 42.5 Å². The van der Waals surface area contributed by atoms with Gasteiger partial charge in [-0.05, 0) is 61.3 Å². The fourth-order valence-corrected chi connectivity index (χ4v) is 4.49. The summed E-state index contributed by atoms with van der Waals surface area (Å²) in [7, 11) is 0. The number of hydrogen-bond acceptors (Lipinski definition) is 6. The molecule has 1 fully saturated rings. The van der Waals surface area contributed by atoms with E-state index in [4.69, 9.17) is 9.47 Å². The molecule has 6 nitrogen and oxygen atoms in total. The lowest BCUT2D eigenvalue weighted by Crippen LogP contribution is -2.32. The maximum Gasteiger partial charge on any atom is 0.573 e. The number of aliphatic hydroxyl groups excluding tert-OH is 1. The normalized spacial score (nSPS) is 17.9. The lowest BCUT2D eigenvalue weighted by molar-refractivity contribution is -0.274. The van der Waals surface area contributed by atoms with Gasteiger partial charge in [0, 0.05) is 25.3 Å². The molecule has 2 heterocycles. The van der Waals surface area contributed by atoms with Crippen molar-refractivity contribution in [3.63, 3.8) is 0 Å². The molecule has 0 bridgehead atoms. The summed E-state index contributed by atoms with van der Waals surface area (Å²) in [5.41, 5.74) is 1.25. The summed E-state index contributed by atoms with van der Waals surface area (Å²) in [5, 5.41) is 11.2. The van der Waals surface area contributed by atoms with Crippen LogP contribution in [0, 0.1) is 5.92 Å². The highest BCUT2D eigenvalue weighted by molar-refractivity contribution is 5.81. The fourth-order valence-electron chi connectivity index (χ4n) is 4.49. The molecule has 2 aromatic carbocycles. The van der Waals surface area contributed by atoms with Crippen molar-refractivity contribution in [2.75, 3.05) is 32.8 Å². The van der Waals surface area contributed by atoms with E-state index >= 15 is 0 Å². The number of rotatable bonds is 9. The zero-order valence-corrected chi connectivity index (χ0v) is 18.7. The van der Waals surface area contributed by atoms with Crippen LogP contribution in [0.25, 0.3) is 0 Å². The van der Waals surface area contributed by atoms with E-state index in [2.05, 4.69) is 9.64 Å². The number of halogens is 3. The largest absolute Gasteiger partial charge is 0.573 e. The Balaban J connectivity index is 1.43. The minimum absolute atomic E-state index is 0.0661. The van der Waals surface area contributed by atoms with E-state index < -0.39 is 12.5 Å². The molecular formula is C25H28F3NO5. The van der Waals surface area contributed by atoms with Crippen LogP contribution in [0.3, 0.4) is 0 Å². The number of hydrogen-bond donors (Lipinski definition) is 1. The standard InChI is InChI=1S/C25H28F3NO5/c26-25(27,28)34-21-6-3-17(4-7-21)13-20(30)14-19(16-29-9-1-2-10-29)24(31)18-5-8-22-23(15-18)33-12-11-32-22/h3-8,15,19,24,31H,1-2,9-14,16H2/t19-,24-/m1/s1. The molecule has 0 unspecified atom stereocenters. The summed E-state index contributed by atoms with van der Waals surface area (Å²) >= 11 is 0. The van der Waals surface area contributed by atoms with Gasteiger partial charge in [0.25, 0.3) is 0 Å². The molecule has 2 aliphatic rings. The molecule has 0 saturated carbocycles. The van der Waals surface area contributed by atoms with Gasteiger partial charge in [-0.1, -0.05) is 18.2 Å². The van der Waals surface area contributed by atoms with E-state index in [1.165, 1.54) is 24.3 Å². The summed E-state index contributed by atoms with van der Waals surface area (Å²) in [6, 6.07) is 10.6. The smallest absolute Gasteiger partial charge is 0.486 e. The average molecular weight is 479 g/mol. The number of alkyl halides is 3. The van der Waals surface area contributed by atoms with Crippen molar-refractivity contribution in [1.82, 2.24) is 4.90 Å². The van der Waals surface area contributed by atoms with Crippen molar-refractivity contribution in [2.24, 2.45) is 5.92 Å². The van der Waals surface area contributed by atoms with Gasteiger partial charge < -0.3 is 24.2 Å². The van der Waals surface area contributed by atoms with Crippen LogP contribution < -0.4 is 14.2 Å². The average Bonchev–Trinajstić information content (AvgIpc) is 3.31. The summed E-state index contributed by atoms with van der Waals surface area (Å²) < 4.78 is 52.1. The maximum atomic E-state index is 12.9. The molecule has 4 rings (SSSR count). The maximum absolute atomic E-state index is 12.9. The van der Waals surface area contributed by atoms with Crippen molar-refractivity contribution in [2.45, 2.75) is 38.1 Å². The Morgan fingerprint density at radius 1 is 1.03 bits per heavy atom. The van der Waals surface area contributed by atoms with E-state index in [-0.39, 0.29) is 30.3 Å². The summed E-state index contributed by atoms with van der Waals surface area (Å²) in [6.07, 6.45) is -3.24. The number of likely N-dealkylation sites (tertiary alicyclic amines) is 1. The first kappa shape index (κ1) is 24.3. The molecule has 34 heavy (non-hydrogen) atoms. The molecule has 184 valence electrons. The Kier molecular flexibility index (Phi) is 7.63. The monoisotopic (exact) mass is 479 g/mol. The van der Waals surface area contributed by atoms with Crippen molar-refractivity contribution in [3.05, 3.63) is 53.6 Å². The molecule has 0 amide bonds. The number of carbonyl (C=O) groups excluding carboxylic acids is 1. The van der Waals surface area contributed by atoms with E-state index in [1.54, 1.807) is 18.2 Å². The van der Waals surface area contributed by atoms with E-state index in [0.29, 0.717) is 42.4 Å². The van der Waals surface area contributed by atoms with Crippen LogP contribution in [-0.2, 0) is 11.2 Å². The van der Waals surface area contributed by atoms with Crippen molar-refractivity contribution in [3.8, 4) is 17.2 Å². The van der Waals surface area contributed by atoms with Crippen LogP contribution in [0.1, 0.15) is 36.5 Å². The number of ether oxygens (including phenoxy) is 3. The zero-order valence-electron chi connectivity index (χ0n) is 18.7. The Labute approximate surface area is 196 Å². The van der Waals surface area contributed by atoms with Crippen molar-refractivity contribution < 1.29 is 37.3 Å². The SMILES string of the molecule is O=C(Cc1ccc(OC(F)(F)F)cc1)C[C@H](CN1CCCC1)[C@H](O)c1ccc2c(c1)OCCO2. The second-order valence-electron chi connectivity index (χ2n) is 8.73. The van der Waals surface area contributed by atoms with Crippen LogP contribution in [0.2, 0.25) is 0 Å². The molecule has 2 aromatic rings. The van der Waals surface area contributed by atoms with Crippen LogP contribution >= 0.6 is 0 Å². The number of aliphatic hydroxyl groups is 1. The molecule has 2 aliphatic heterocycles. The predicted octanol–water partition coefficient (Wildman–Crippen LogP) is 4.30.